The fourth-order valence-electron chi connectivity index (χ4n) is 2.45. The van der Waals surface area contributed by atoms with Crippen molar-refractivity contribution in [1.29, 1.82) is 0 Å². The average molecular weight is 406 g/mol. The molecule has 134 valence electrons. The van der Waals surface area contributed by atoms with Crippen LogP contribution in [-0.2, 0) is 17.1 Å². The zero-order chi connectivity index (χ0) is 18.4. The Balaban J connectivity index is 1.50. The van der Waals surface area contributed by atoms with E-state index in [2.05, 4.69) is 10.3 Å². The Bertz CT molecular complexity index is 884. The van der Waals surface area contributed by atoms with Gasteiger partial charge in [-0.25, -0.2) is 4.98 Å². The van der Waals surface area contributed by atoms with Gasteiger partial charge in [0.2, 0.25) is 5.91 Å². The van der Waals surface area contributed by atoms with Crippen molar-refractivity contribution < 1.29 is 4.79 Å². The molecule has 0 saturated heterocycles. The summed E-state index contributed by atoms with van der Waals surface area (Å²) in [5.74, 6) is 1.02. The van der Waals surface area contributed by atoms with Crippen molar-refractivity contribution in [3.8, 4) is 5.69 Å². The van der Waals surface area contributed by atoms with Gasteiger partial charge in [0, 0.05) is 34.7 Å². The van der Waals surface area contributed by atoms with Crippen LogP contribution in [0.4, 0.5) is 0 Å². The second-order valence-corrected chi connectivity index (χ2v) is 7.43. The van der Waals surface area contributed by atoms with E-state index in [-0.39, 0.29) is 5.91 Å². The highest BCUT2D eigenvalue weighted by molar-refractivity contribution is 7.99. The number of para-hydroxylation sites is 1. The number of amides is 1. The number of carbonyl (C=O) groups is 1. The van der Waals surface area contributed by atoms with Gasteiger partial charge in [0.1, 0.15) is 0 Å². The molecule has 1 aromatic heterocycles. The number of aromatic nitrogens is 2. The number of nitrogens with one attached hydrogen (secondary N) is 1. The van der Waals surface area contributed by atoms with E-state index in [0.29, 0.717) is 28.1 Å². The predicted molar refractivity (Wildman–Crippen MR) is 108 cm³/mol. The van der Waals surface area contributed by atoms with Gasteiger partial charge in [0.25, 0.3) is 0 Å². The fraction of sp³-hybridized carbons (Fsp3) is 0.158. The first kappa shape index (κ1) is 18.8. The van der Waals surface area contributed by atoms with Crippen LogP contribution in [0.2, 0.25) is 10.0 Å². The minimum atomic E-state index is -0.0134. The molecule has 1 amide bonds. The molecule has 0 unspecified atom stereocenters. The van der Waals surface area contributed by atoms with Crippen molar-refractivity contribution in [2.45, 2.75) is 12.3 Å². The van der Waals surface area contributed by atoms with E-state index in [4.69, 9.17) is 23.2 Å². The number of imidazole rings is 1. The molecule has 0 aliphatic carbocycles. The Morgan fingerprint density at radius 2 is 2.00 bits per heavy atom. The number of hydrogen-bond acceptors (Lipinski definition) is 3. The lowest BCUT2D eigenvalue weighted by Crippen LogP contribution is -2.25. The lowest BCUT2D eigenvalue weighted by atomic mass is 10.1. The van der Waals surface area contributed by atoms with E-state index in [1.54, 1.807) is 24.7 Å². The molecule has 4 nitrogen and oxygen atoms in total. The molecular weight excluding hydrogens is 389 g/mol. The Labute approximate surface area is 166 Å². The zero-order valence-corrected chi connectivity index (χ0v) is 16.2. The van der Waals surface area contributed by atoms with Crippen molar-refractivity contribution in [2.24, 2.45) is 0 Å². The molecule has 0 aliphatic heterocycles. The topological polar surface area (TPSA) is 46.9 Å². The third-order valence-electron chi connectivity index (χ3n) is 3.76. The highest BCUT2D eigenvalue weighted by atomic mass is 35.5. The van der Waals surface area contributed by atoms with Crippen LogP contribution >= 0.6 is 35.0 Å². The number of halogens is 2. The third-order valence-corrected chi connectivity index (χ3v) is 5.32. The molecule has 0 spiro atoms. The van der Waals surface area contributed by atoms with Crippen LogP contribution in [0.1, 0.15) is 11.1 Å². The summed E-state index contributed by atoms with van der Waals surface area (Å²) in [6.45, 7) is 0.468. The average Bonchev–Trinajstić information content (AvgIpc) is 3.16. The largest absolute Gasteiger partial charge is 0.351 e. The van der Waals surface area contributed by atoms with Gasteiger partial charge in [-0.1, -0.05) is 47.5 Å². The Morgan fingerprint density at radius 1 is 1.15 bits per heavy atom. The molecule has 0 radical (unpaired) electrons. The summed E-state index contributed by atoms with van der Waals surface area (Å²) in [6, 6.07) is 13.3. The molecule has 0 bridgehead atoms. The van der Waals surface area contributed by atoms with Crippen LogP contribution in [0, 0.1) is 0 Å². The van der Waals surface area contributed by atoms with Gasteiger partial charge in [-0.05, 0) is 29.3 Å². The summed E-state index contributed by atoms with van der Waals surface area (Å²) in [6.07, 6.45) is 5.35. The lowest BCUT2D eigenvalue weighted by Gasteiger charge is -2.11. The summed E-state index contributed by atoms with van der Waals surface area (Å²) in [5, 5.41) is 4.20. The summed E-state index contributed by atoms with van der Waals surface area (Å²) < 4.78 is 1.93. The lowest BCUT2D eigenvalue weighted by molar-refractivity contribution is -0.118. The normalized spacial score (nSPS) is 10.7. The van der Waals surface area contributed by atoms with Crippen LogP contribution in [0.15, 0.2) is 61.2 Å². The molecule has 3 aromatic rings. The molecular formula is C19H17Cl2N3OS. The number of carbonyl (C=O) groups excluding carboxylic acids is 1. The smallest absolute Gasteiger partial charge is 0.230 e. The summed E-state index contributed by atoms with van der Waals surface area (Å²) in [4.78, 5) is 16.2. The van der Waals surface area contributed by atoms with Crippen LogP contribution < -0.4 is 5.32 Å². The van der Waals surface area contributed by atoms with E-state index in [0.717, 1.165) is 16.8 Å². The molecule has 26 heavy (non-hydrogen) atoms. The maximum absolute atomic E-state index is 12.1. The second-order valence-electron chi connectivity index (χ2n) is 5.60. The first-order valence-electron chi connectivity index (χ1n) is 7.98. The summed E-state index contributed by atoms with van der Waals surface area (Å²) in [5.41, 5.74) is 3.01. The highest BCUT2D eigenvalue weighted by Crippen LogP contribution is 2.24. The first-order valence-corrected chi connectivity index (χ1v) is 9.89. The monoisotopic (exact) mass is 405 g/mol. The van der Waals surface area contributed by atoms with Crippen LogP contribution in [0.5, 0.6) is 0 Å². The molecule has 1 N–H and O–H groups in total. The van der Waals surface area contributed by atoms with Crippen molar-refractivity contribution in [2.75, 3.05) is 5.75 Å². The van der Waals surface area contributed by atoms with Gasteiger partial charge in [0.05, 0.1) is 17.8 Å². The van der Waals surface area contributed by atoms with Gasteiger partial charge in [0.15, 0.2) is 0 Å². The first-order chi connectivity index (χ1) is 12.6. The molecule has 0 aliphatic rings. The SMILES string of the molecule is O=C(CSCc1ccc(Cl)cc1Cl)NCc1ccccc1-n1ccnc1. The summed E-state index contributed by atoms with van der Waals surface area (Å²) >= 11 is 13.6. The maximum atomic E-state index is 12.1. The number of nitrogens with zero attached hydrogens (tertiary/aromatic N) is 2. The number of thioether (sulfide) groups is 1. The van der Waals surface area contributed by atoms with Crippen molar-refractivity contribution in [1.82, 2.24) is 14.9 Å². The summed E-state index contributed by atoms with van der Waals surface area (Å²) in [7, 11) is 0. The number of hydrogen-bond donors (Lipinski definition) is 1. The van der Waals surface area contributed by atoms with E-state index < -0.39 is 0 Å². The van der Waals surface area contributed by atoms with Gasteiger partial charge in [-0.3, -0.25) is 4.79 Å². The molecule has 3 rings (SSSR count). The van der Waals surface area contributed by atoms with Gasteiger partial charge < -0.3 is 9.88 Å². The Hall–Kier alpha value is -1.95. The second kappa shape index (κ2) is 9.12. The highest BCUT2D eigenvalue weighted by Gasteiger charge is 2.07. The molecule has 2 aromatic carbocycles. The van der Waals surface area contributed by atoms with Gasteiger partial charge in [-0.15, -0.1) is 11.8 Å². The molecule has 0 atom stereocenters. The van der Waals surface area contributed by atoms with Crippen molar-refractivity contribution >= 4 is 40.9 Å². The van der Waals surface area contributed by atoms with E-state index in [1.807, 2.05) is 41.1 Å². The van der Waals surface area contributed by atoms with Crippen LogP contribution in [0.3, 0.4) is 0 Å². The molecule has 0 saturated carbocycles. The van der Waals surface area contributed by atoms with E-state index in [9.17, 15) is 4.79 Å². The van der Waals surface area contributed by atoms with Gasteiger partial charge >= 0.3 is 0 Å². The predicted octanol–water partition coefficient (Wildman–Crippen LogP) is 4.73. The van der Waals surface area contributed by atoms with Crippen molar-refractivity contribution in [3.63, 3.8) is 0 Å². The molecule has 7 heteroatoms. The Kier molecular flexibility index (Phi) is 6.61. The van der Waals surface area contributed by atoms with Crippen molar-refractivity contribution in [3.05, 3.63) is 82.4 Å². The molecule has 1 heterocycles. The Morgan fingerprint density at radius 3 is 2.77 bits per heavy atom. The fourth-order valence-corrected chi connectivity index (χ4v) is 3.87. The maximum Gasteiger partial charge on any atom is 0.230 e. The molecule has 0 fully saturated rings. The minimum Gasteiger partial charge on any atom is -0.351 e. The standard InChI is InChI=1S/C19H17Cl2N3OS/c20-16-6-5-15(17(21)9-16)11-26-12-19(25)23-10-14-3-1-2-4-18(14)24-8-7-22-13-24/h1-9,13H,10-12H2,(H,23,25). The quantitative estimate of drug-likeness (QED) is 0.617. The van der Waals surface area contributed by atoms with E-state index >= 15 is 0 Å². The minimum absolute atomic E-state index is 0.0134. The van der Waals surface area contributed by atoms with Crippen LogP contribution in [-0.4, -0.2) is 21.2 Å². The zero-order valence-electron chi connectivity index (χ0n) is 13.9. The number of rotatable bonds is 7. The van der Waals surface area contributed by atoms with Crippen LogP contribution in [0.25, 0.3) is 5.69 Å². The van der Waals surface area contributed by atoms with E-state index in [1.165, 1.54) is 11.8 Å². The van der Waals surface area contributed by atoms with Gasteiger partial charge in [-0.2, -0.15) is 0 Å². The third kappa shape index (κ3) is 5.04. The number of benzene rings is 2.